The van der Waals surface area contributed by atoms with Crippen LogP contribution in [-0.2, 0) is 4.74 Å². The van der Waals surface area contributed by atoms with E-state index < -0.39 is 0 Å². The minimum atomic E-state index is -0.186. The summed E-state index contributed by atoms with van der Waals surface area (Å²) in [7, 11) is 0. The molecule has 2 atom stereocenters. The summed E-state index contributed by atoms with van der Waals surface area (Å²) in [5, 5.41) is 3.25. The Kier molecular flexibility index (Phi) is 3.44. The minimum Gasteiger partial charge on any atom is -0.380 e. The Morgan fingerprint density at radius 2 is 1.81 bits per heavy atom. The van der Waals surface area contributed by atoms with E-state index in [1.165, 1.54) is 6.07 Å². The molecule has 0 aliphatic carbocycles. The second-order valence-electron chi connectivity index (χ2n) is 4.55. The number of para-hydroxylation sites is 1. The van der Waals surface area contributed by atoms with Crippen molar-refractivity contribution in [1.29, 1.82) is 0 Å². The zero-order valence-corrected chi connectivity index (χ0v) is 9.74. The summed E-state index contributed by atoms with van der Waals surface area (Å²) in [5.74, 6) is -0.186. The summed E-state index contributed by atoms with van der Waals surface area (Å²) >= 11 is 0. The first-order valence-corrected chi connectivity index (χ1v) is 5.81. The average Bonchev–Trinajstić information content (AvgIpc) is 2.20. The van der Waals surface area contributed by atoms with E-state index in [1.807, 2.05) is 6.07 Å². The number of ether oxygens (including phenoxy) is 1. The fourth-order valence-corrected chi connectivity index (χ4v) is 2.32. The monoisotopic (exact) mass is 223 g/mol. The van der Waals surface area contributed by atoms with Gasteiger partial charge in [0.05, 0.1) is 17.9 Å². The summed E-state index contributed by atoms with van der Waals surface area (Å²) in [6.07, 6.45) is 2.35. The van der Waals surface area contributed by atoms with Gasteiger partial charge in [-0.15, -0.1) is 0 Å². The van der Waals surface area contributed by atoms with Gasteiger partial charge in [-0.1, -0.05) is 12.1 Å². The summed E-state index contributed by atoms with van der Waals surface area (Å²) in [6.45, 7) is 4.12. The second kappa shape index (κ2) is 4.83. The van der Waals surface area contributed by atoms with Crippen molar-refractivity contribution < 1.29 is 9.13 Å². The highest BCUT2D eigenvalue weighted by Gasteiger charge is 2.24. The normalized spacial score (nSPS) is 30.1. The highest BCUT2D eigenvalue weighted by atomic mass is 19.1. The molecule has 88 valence electrons. The molecule has 1 fully saturated rings. The molecule has 1 aliphatic heterocycles. The molecule has 0 radical (unpaired) electrons. The van der Waals surface area contributed by atoms with Gasteiger partial charge in [-0.05, 0) is 38.8 Å². The summed E-state index contributed by atoms with van der Waals surface area (Å²) in [6, 6.07) is 7.11. The zero-order chi connectivity index (χ0) is 11.5. The van der Waals surface area contributed by atoms with E-state index in [2.05, 4.69) is 19.2 Å². The third kappa shape index (κ3) is 2.73. The van der Waals surface area contributed by atoms with Gasteiger partial charge in [0, 0.05) is 6.04 Å². The number of halogens is 1. The van der Waals surface area contributed by atoms with Crippen LogP contribution in [0.15, 0.2) is 24.3 Å². The molecule has 3 heteroatoms. The molecular formula is C13H18FNO. The Bertz CT molecular complexity index is 346. The van der Waals surface area contributed by atoms with E-state index in [4.69, 9.17) is 4.74 Å². The fraction of sp³-hybridized carbons (Fsp3) is 0.538. The standard InChI is InChI=1S/C13H18FNO/c1-9-7-11(8-10(2)16-9)15-13-6-4-3-5-12(13)14/h3-6,9-11,15H,7-8H2,1-2H3. The molecule has 16 heavy (non-hydrogen) atoms. The Hall–Kier alpha value is -1.09. The number of hydrogen-bond donors (Lipinski definition) is 1. The summed E-state index contributed by atoms with van der Waals surface area (Å²) < 4.78 is 19.1. The van der Waals surface area contributed by atoms with Gasteiger partial charge in [0.1, 0.15) is 5.82 Å². The van der Waals surface area contributed by atoms with Crippen LogP contribution in [0.5, 0.6) is 0 Å². The maximum atomic E-state index is 13.4. The smallest absolute Gasteiger partial charge is 0.146 e. The van der Waals surface area contributed by atoms with Gasteiger partial charge in [0.2, 0.25) is 0 Å². The Balaban J connectivity index is 2.02. The summed E-state index contributed by atoms with van der Waals surface area (Å²) in [4.78, 5) is 0. The maximum Gasteiger partial charge on any atom is 0.146 e. The molecule has 1 aromatic carbocycles. The molecule has 2 nitrogen and oxygen atoms in total. The van der Waals surface area contributed by atoms with E-state index in [-0.39, 0.29) is 18.0 Å². The van der Waals surface area contributed by atoms with Crippen molar-refractivity contribution in [2.24, 2.45) is 0 Å². The Morgan fingerprint density at radius 3 is 2.44 bits per heavy atom. The molecule has 1 aromatic rings. The van der Waals surface area contributed by atoms with Gasteiger partial charge in [0.25, 0.3) is 0 Å². The quantitative estimate of drug-likeness (QED) is 0.831. The SMILES string of the molecule is CC1CC(Nc2ccccc2F)CC(C)O1. The molecule has 1 aliphatic rings. The van der Waals surface area contributed by atoms with Crippen LogP contribution < -0.4 is 5.32 Å². The first kappa shape index (κ1) is 11.4. The number of rotatable bonds is 2. The van der Waals surface area contributed by atoms with Crippen molar-refractivity contribution in [3.63, 3.8) is 0 Å². The van der Waals surface area contributed by atoms with E-state index in [9.17, 15) is 4.39 Å². The van der Waals surface area contributed by atoms with E-state index in [0.717, 1.165) is 12.8 Å². The lowest BCUT2D eigenvalue weighted by Gasteiger charge is -2.33. The largest absolute Gasteiger partial charge is 0.380 e. The molecular weight excluding hydrogens is 205 g/mol. The van der Waals surface area contributed by atoms with Gasteiger partial charge in [0.15, 0.2) is 0 Å². The van der Waals surface area contributed by atoms with Gasteiger partial charge < -0.3 is 10.1 Å². The van der Waals surface area contributed by atoms with Crippen molar-refractivity contribution in [1.82, 2.24) is 0 Å². The van der Waals surface area contributed by atoms with E-state index in [1.54, 1.807) is 12.1 Å². The molecule has 1 N–H and O–H groups in total. The van der Waals surface area contributed by atoms with E-state index in [0.29, 0.717) is 11.7 Å². The molecule has 2 rings (SSSR count). The van der Waals surface area contributed by atoms with Crippen LogP contribution in [0.3, 0.4) is 0 Å². The Morgan fingerprint density at radius 1 is 1.19 bits per heavy atom. The third-order valence-electron chi connectivity index (χ3n) is 2.93. The van der Waals surface area contributed by atoms with Crippen LogP contribution in [0.2, 0.25) is 0 Å². The van der Waals surface area contributed by atoms with Gasteiger partial charge in [-0.2, -0.15) is 0 Å². The van der Waals surface area contributed by atoms with Crippen molar-refractivity contribution in [2.45, 2.75) is 44.9 Å². The van der Waals surface area contributed by atoms with Crippen LogP contribution >= 0.6 is 0 Å². The van der Waals surface area contributed by atoms with Crippen LogP contribution in [0.4, 0.5) is 10.1 Å². The fourth-order valence-electron chi connectivity index (χ4n) is 2.32. The topological polar surface area (TPSA) is 21.3 Å². The van der Waals surface area contributed by atoms with Gasteiger partial charge in [-0.3, -0.25) is 0 Å². The van der Waals surface area contributed by atoms with Crippen molar-refractivity contribution in [3.05, 3.63) is 30.1 Å². The van der Waals surface area contributed by atoms with Gasteiger partial charge >= 0.3 is 0 Å². The zero-order valence-electron chi connectivity index (χ0n) is 9.74. The number of hydrogen-bond acceptors (Lipinski definition) is 2. The molecule has 0 bridgehead atoms. The third-order valence-corrected chi connectivity index (χ3v) is 2.93. The molecule has 1 saturated heterocycles. The lowest BCUT2D eigenvalue weighted by molar-refractivity contribution is -0.0338. The van der Waals surface area contributed by atoms with Crippen molar-refractivity contribution in [3.8, 4) is 0 Å². The summed E-state index contributed by atoms with van der Waals surface area (Å²) in [5.41, 5.74) is 0.591. The predicted octanol–water partition coefficient (Wildman–Crippen LogP) is 3.19. The average molecular weight is 223 g/mol. The number of anilines is 1. The lowest BCUT2D eigenvalue weighted by Crippen LogP contribution is -2.37. The van der Waals surface area contributed by atoms with Crippen LogP contribution in [-0.4, -0.2) is 18.2 Å². The van der Waals surface area contributed by atoms with Crippen LogP contribution in [0.25, 0.3) is 0 Å². The first-order valence-electron chi connectivity index (χ1n) is 5.81. The molecule has 0 amide bonds. The van der Waals surface area contributed by atoms with E-state index >= 15 is 0 Å². The Labute approximate surface area is 95.8 Å². The minimum absolute atomic E-state index is 0.186. The second-order valence-corrected chi connectivity index (χ2v) is 4.55. The highest BCUT2D eigenvalue weighted by molar-refractivity contribution is 5.45. The molecule has 1 heterocycles. The van der Waals surface area contributed by atoms with Crippen molar-refractivity contribution in [2.75, 3.05) is 5.32 Å². The number of nitrogens with one attached hydrogen (secondary N) is 1. The highest BCUT2D eigenvalue weighted by Crippen LogP contribution is 2.23. The van der Waals surface area contributed by atoms with Crippen LogP contribution in [0, 0.1) is 5.82 Å². The lowest BCUT2D eigenvalue weighted by atomic mass is 9.99. The van der Waals surface area contributed by atoms with Crippen molar-refractivity contribution >= 4 is 5.69 Å². The molecule has 0 saturated carbocycles. The maximum absolute atomic E-state index is 13.4. The molecule has 0 spiro atoms. The van der Waals surface area contributed by atoms with Crippen LogP contribution in [0.1, 0.15) is 26.7 Å². The van der Waals surface area contributed by atoms with Gasteiger partial charge in [-0.25, -0.2) is 4.39 Å². The number of benzene rings is 1. The molecule has 2 unspecified atom stereocenters. The first-order chi connectivity index (χ1) is 7.65. The predicted molar refractivity (Wildman–Crippen MR) is 63.1 cm³/mol. The molecule has 0 aromatic heterocycles.